The molecule has 0 bridgehead atoms. The van der Waals surface area contributed by atoms with Crippen LogP contribution in [0, 0.1) is 56.5 Å². The van der Waals surface area contributed by atoms with Gasteiger partial charge in [-0.15, -0.1) is 0 Å². The molecule has 0 saturated heterocycles. The molecule has 0 unspecified atom stereocenters. The summed E-state index contributed by atoms with van der Waals surface area (Å²) < 4.78 is 0. The first-order chi connectivity index (χ1) is 18.5. The number of benzene rings is 1. The van der Waals surface area contributed by atoms with Gasteiger partial charge in [-0.2, -0.15) is 0 Å². The van der Waals surface area contributed by atoms with Gasteiger partial charge < -0.3 is 15.1 Å². The Hall–Kier alpha value is -1.99. The minimum absolute atomic E-state index is 0.0811. The van der Waals surface area contributed by atoms with E-state index in [2.05, 4.69) is 20.8 Å². The second-order valence-corrected chi connectivity index (χ2v) is 14.3. The van der Waals surface area contributed by atoms with E-state index in [1.807, 2.05) is 4.90 Å². The number of anilines is 1. The summed E-state index contributed by atoms with van der Waals surface area (Å²) in [6.45, 7) is 7.69. The lowest BCUT2D eigenvalue weighted by molar-refractivity contribution is -0.384. The van der Waals surface area contributed by atoms with Crippen LogP contribution >= 0.6 is 0 Å². The van der Waals surface area contributed by atoms with Crippen LogP contribution in [-0.2, 0) is 11.2 Å². The lowest BCUT2D eigenvalue weighted by Gasteiger charge is -2.62. The van der Waals surface area contributed by atoms with Gasteiger partial charge >= 0.3 is 0 Å². The molecule has 2 N–H and O–H groups in total. The maximum absolute atomic E-state index is 13.3. The average molecular weight is 539 g/mol. The summed E-state index contributed by atoms with van der Waals surface area (Å²) in [5.41, 5.74) is 1.93. The van der Waals surface area contributed by atoms with E-state index in [1.54, 1.807) is 12.1 Å². The Morgan fingerprint density at radius 1 is 1.13 bits per heavy atom. The van der Waals surface area contributed by atoms with Crippen LogP contribution in [0.3, 0.4) is 0 Å². The highest BCUT2D eigenvalue weighted by molar-refractivity contribution is 5.95. The third-order valence-corrected chi connectivity index (χ3v) is 12.8. The molecule has 214 valence electrons. The van der Waals surface area contributed by atoms with Crippen LogP contribution in [0.1, 0.15) is 90.5 Å². The monoisotopic (exact) mass is 538 g/mol. The zero-order valence-electron chi connectivity index (χ0n) is 23.8. The summed E-state index contributed by atoms with van der Waals surface area (Å²) in [6, 6.07) is 4.82. The molecule has 0 radical (unpaired) electrons. The van der Waals surface area contributed by atoms with Crippen molar-refractivity contribution in [1.82, 2.24) is 0 Å². The quantitative estimate of drug-likeness (QED) is 0.359. The van der Waals surface area contributed by atoms with Crippen molar-refractivity contribution in [2.24, 2.45) is 46.3 Å². The van der Waals surface area contributed by atoms with Crippen LogP contribution < -0.4 is 4.90 Å². The fraction of sp³-hybridized carbons (Fsp3) is 0.781. The fourth-order valence-corrected chi connectivity index (χ4v) is 10.6. The van der Waals surface area contributed by atoms with Gasteiger partial charge in [-0.05, 0) is 122 Å². The Balaban J connectivity index is 1.12. The molecule has 4 fully saturated rings. The lowest BCUT2D eigenvalue weighted by Crippen LogP contribution is -2.58. The molecule has 39 heavy (non-hydrogen) atoms. The van der Waals surface area contributed by atoms with Crippen LogP contribution in [0.25, 0.3) is 0 Å². The molecular formula is C32H46N2O5. The highest BCUT2D eigenvalue weighted by Gasteiger charge is 2.63. The largest absolute Gasteiger partial charge is 0.393 e. The Bertz CT molecular complexity index is 1140. The van der Waals surface area contributed by atoms with Crippen LogP contribution in [0.5, 0.6) is 0 Å². The number of aliphatic hydroxyl groups is 2. The number of fused-ring (bicyclic) bond motifs is 6. The molecule has 1 aromatic carbocycles. The molecule has 1 aliphatic heterocycles. The van der Waals surface area contributed by atoms with Gasteiger partial charge in [-0.1, -0.05) is 20.8 Å². The number of nitrogens with zero attached hydrogens (tertiary/aromatic N) is 2. The second kappa shape index (κ2) is 9.83. The number of rotatable bonds is 5. The number of nitro benzene ring substituents is 1. The molecule has 0 aromatic heterocycles. The molecule has 0 spiro atoms. The van der Waals surface area contributed by atoms with Crippen molar-refractivity contribution in [1.29, 1.82) is 0 Å². The average Bonchev–Trinajstić information content (AvgIpc) is 3.50. The van der Waals surface area contributed by atoms with E-state index >= 15 is 0 Å². The first-order valence-corrected chi connectivity index (χ1v) is 15.5. The van der Waals surface area contributed by atoms with Crippen LogP contribution in [0.2, 0.25) is 0 Å². The van der Waals surface area contributed by atoms with Crippen molar-refractivity contribution in [2.45, 2.75) is 104 Å². The lowest BCUT2D eigenvalue weighted by atomic mass is 9.43. The van der Waals surface area contributed by atoms with Gasteiger partial charge in [0.15, 0.2) is 0 Å². The fourth-order valence-electron chi connectivity index (χ4n) is 10.6. The first-order valence-electron chi connectivity index (χ1n) is 15.5. The highest BCUT2D eigenvalue weighted by atomic mass is 16.6. The molecular weight excluding hydrogens is 492 g/mol. The number of carbonyl (C=O) groups is 1. The molecule has 4 aliphatic carbocycles. The van der Waals surface area contributed by atoms with E-state index in [0.717, 1.165) is 49.8 Å². The minimum Gasteiger partial charge on any atom is -0.393 e. The van der Waals surface area contributed by atoms with Crippen molar-refractivity contribution in [2.75, 3.05) is 11.4 Å². The number of hydrogen-bond acceptors (Lipinski definition) is 5. The van der Waals surface area contributed by atoms with Crippen LogP contribution in [0.15, 0.2) is 18.2 Å². The minimum atomic E-state index is -0.380. The molecule has 6 rings (SSSR count). The SMILES string of the molecule is C[C@H](CCC(=O)N1CCc2cc([N+](=O)[O-])ccc21)[C@H]1CC[C@H]2[C@@H]3CC[C@@H]4C[C@H](O)CC[C@]4(C)[C@H]3C[C@H](O)[C@]12C. The van der Waals surface area contributed by atoms with E-state index in [9.17, 15) is 25.1 Å². The Morgan fingerprint density at radius 3 is 2.69 bits per heavy atom. The maximum atomic E-state index is 13.3. The van der Waals surface area contributed by atoms with E-state index in [0.29, 0.717) is 54.9 Å². The van der Waals surface area contributed by atoms with Crippen molar-refractivity contribution in [3.63, 3.8) is 0 Å². The van der Waals surface area contributed by atoms with Crippen molar-refractivity contribution in [3.8, 4) is 0 Å². The summed E-state index contributed by atoms with van der Waals surface area (Å²) >= 11 is 0. The van der Waals surface area contributed by atoms with E-state index < -0.39 is 0 Å². The second-order valence-electron chi connectivity index (χ2n) is 14.3. The molecule has 10 atom stereocenters. The van der Waals surface area contributed by atoms with E-state index in [4.69, 9.17) is 0 Å². The van der Waals surface area contributed by atoms with Crippen molar-refractivity contribution in [3.05, 3.63) is 33.9 Å². The number of amides is 1. The number of aliphatic hydroxyl groups excluding tert-OH is 2. The van der Waals surface area contributed by atoms with Gasteiger partial charge in [0.25, 0.3) is 5.69 Å². The molecule has 4 saturated carbocycles. The highest BCUT2D eigenvalue weighted by Crippen LogP contribution is 2.68. The predicted molar refractivity (Wildman–Crippen MR) is 150 cm³/mol. The van der Waals surface area contributed by atoms with Crippen LogP contribution in [0.4, 0.5) is 11.4 Å². The molecule has 7 heteroatoms. The standard InChI is InChI=1S/C32H46N2O5/c1-19(4-11-30(37)33-15-13-20-16-22(34(38)39)6-10-28(20)33)25-8-9-26-24-7-5-21-17-23(35)12-14-31(21,2)27(24)18-29(36)32(25,26)3/h6,10,16,19,21,23-27,29,35-36H,4-5,7-9,11-15,17-18H2,1-3H3/t19-,21-,23-,24+,25-,26+,27+,29+,31+,32-/m1/s1. The van der Waals surface area contributed by atoms with Gasteiger partial charge in [0.05, 0.1) is 17.1 Å². The molecule has 1 heterocycles. The summed E-state index contributed by atoms with van der Waals surface area (Å²) in [5, 5.41) is 33.3. The molecule has 5 aliphatic rings. The molecule has 7 nitrogen and oxygen atoms in total. The topological polar surface area (TPSA) is 104 Å². The zero-order chi connectivity index (χ0) is 27.7. The van der Waals surface area contributed by atoms with Gasteiger partial charge in [0.2, 0.25) is 5.91 Å². The number of non-ortho nitro benzene ring substituents is 1. The third kappa shape index (κ3) is 4.25. The Morgan fingerprint density at radius 2 is 1.92 bits per heavy atom. The summed E-state index contributed by atoms with van der Waals surface area (Å²) in [4.78, 5) is 25.8. The number of carbonyl (C=O) groups excluding carboxylic acids is 1. The normalized spacial score (nSPS) is 41.8. The van der Waals surface area contributed by atoms with Gasteiger partial charge in [0, 0.05) is 30.8 Å². The third-order valence-electron chi connectivity index (χ3n) is 12.8. The molecule has 1 amide bonds. The van der Waals surface area contributed by atoms with E-state index in [1.165, 1.54) is 25.3 Å². The predicted octanol–water partition coefficient (Wildman–Crippen LogP) is 5.89. The Kier molecular flexibility index (Phi) is 6.85. The molecule has 1 aromatic rings. The summed E-state index contributed by atoms with van der Waals surface area (Å²) in [7, 11) is 0. The van der Waals surface area contributed by atoms with Gasteiger partial charge in [-0.25, -0.2) is 0 Å². The number of hydrogen-bond donors (Lipinski definition) is 2. The maximum Gasteiger partial charge on any atom is 0.269 e. The Labute approximate surface area is 232 Å². The van der Waals surface area contributed by atoms with Crippen molar-refractivity contribution >= 4 is 17.3 Å². The summed E-state index contributed by atoms with van der Waals surface area (Å²) in [5.74, 6) is 3.22. The van der Waals surface area contributed by atoms with Crippen LogP contribution in [-0.4, -0.2) is 39.8 Å². The number of nitro groups is 1. The van der Waals surface area contributed by atoms with Gasteiger partial charge in [0.1, 0.15) is 0 Å². The summed E-state index contributed by atoms with van der Waals surface area (Å²) in [6.07, 6.45) is 10.1. The van der Waals surface area contributed by atoms with Gasteiger partial charge in [-0.3, -0.25) is 14.9 Å². The zero-order valence-corrected chi connectivity index (χ0v) is 23.8. The van der Waals surface area contributed by atoms with E-state index in [-0.39, 0.29) is 39.6 Å². The van der Waals surface area contributed by atoms with Crippen molar-refractivity contribution < 1.29 is 19.9 Å². The first kappa shape index (κ1) is 27.2. The smallest absolute Gasteiger partial charge is 0.269 e.